The largest absolute Gasteiger partial charge is 0.496 e. The van der Waals surface area contributed by atoms with Gasteiger partial charge in [0.25, 0.3) is 0 Å². The molecule has 1 rings (SSSR count). The molecule has 1 N–H and O–H groups in total. The quantitative estimate of drug-likeness (QED) is 0.797. The number of rotatable bonds is 5. The molecule has 0 spiro atoms. The zero-order valence-corrected chi connectivity index (χ0v) is 11.2. The molecule has 0 radical (unpaired) electrons. The van der Waals surface area contributed by atoms with Gasteiger partial charge in [0.1, 0.15) is 5.75 Å². The van der Waals surface area contributed by atoms with Gasteiger partial charge in [-0.15, -0.1) is 0 Å². The van der Waals surface area contributed by atoms with Crippen LogP contribution in [-0.2, 0) is 0 Å². The molecule has 1 atom stereocenters. The van der Waals surface area contributed by atoms with E-state index in [1.807, 2.05) is 46.0 Å². The van der Waals surface area contributed by atoms with Crippen molar-refractivity contribution in [3.63, 3.8) is 0 Å². The molecule has 3 nitrogen and oxygen atoms in total. The van der Waals surface area contributed by atoms with Crippen LogP contribution in [0.3, 0.4) is 0 Å². The highest BCUT2D eigenvalue weighted by atomic mass is 16.5. The zero-order chi connectivity index (χ0) is 13.0. The van der Waals surface area contributed by atoms with Gasteiger partial charge in [-0.3, -0.25) is 4.79 Å². The Morgan fingerprint density at radius 3 is 2.41 bits per heavy atom. The third-order valence-electron chi connectivity index (χ3n) is 2.94. The summed E-state index contributed by atoms with van der Waals surface area (Å²) in [5.74, 6) is 1.22. The summed E-state index contributed by atoms with van der Waals surface area (Å²) in [5, 5.41) is 3.07. The second kappa shape index (κ2) is 5.82. The Balaban J connectivity index is 3.00. The van der Waals surface area contributed by atoms with Crippen LogP contribution < -0.4 is 10.1 Å². The number of methoxy groups -OCH3 is 1. The number of hydrogen-bond donors (Lipinski definition) is 1. The summed E-state index contributed by atoms with van der Waals surface area (Å²) in [5.41, 5.74) is 1.72. The number of aryl methyl sites for hydroxylation is 1. The standard InChI is InChI=1S/C14H21NO2/c1-9(2)13(15-4)14(16)11-6-7-12(17-5)10(3)8-11/h6-9,13,15H,1-5H3. The van der Waals surface area contributed by atoms with Crippen molar-refractivity contribution in [2.75, 3.05) is 14.2 Å². The van der Waals surface area contributed by atoms with E-state index in [1.165, 1.54) is 0 Å². The Morgan fingerprint density at radius 2 is 2.00 bits per heavy atom. The monoisotopic (exact) mass is 235 g/mol. The normalized spacial score (nSPS) is 12.6. The van der Waals surface area contributed by atoms with Crippen LogP contribution in [-0.4, -0.2) is 26.0 Å². The van der Waals surface area contributed by atoms with Crippen molar-refractivity contribution in [2.24, 2.45) is 5.92 Å². The molecule has 0 saturated carbocycles. The number of carbonyl (C=O) groups excluding carboxylic acids is 1. The maximum atomic E-state index is 12.3. The second-order valence-corrected chi connectivity index (χ2v) is 4.56. The van der Waals surface area contributed by atoms with E-state index >= 15 is 0 Å². The molecule has 0 bridgehead atoms. The molecular formula is C14H21NO2. The lowest BCUT2D eigenvalue weighted by molar-refractivity contribution is 0.0922. The molecule has 0 aliphatic heterocycles. The molecule has 0 aromatic heterocycles. The van der Waals surface area contributed by atoms with Crippen molar-refractivity contribution in [3.8, 4) is 5.75 Å². The summed E-state index contributed by atoms with van der Waals surface area (Å²) in [4.78, 5) is 12.3. The summed E-state index contributed by atoms with van der Waals surface area (Å²) < 4.78 is 5.19. The van der Waals surface area contributed by atoms with Gasteiger partial charge in [0.2, 0.25) is 0 Å². The number of carbonyl (C=O) groups is 1. The summed E-state index contributed by atoms with van der Waals surface area (Å²) in [7, 11) is 3.45. The van der Waals surface area contributed by atoms with Crippen molar-refractivity contribution in [1.82, 2.24) is 5.32 Å². The van der Waals surface area contributed by atoms with Crippen LogP contribution in [0.5, 0.6) is 5.75 Å². The first-order chi connectivity index (χ1) is 8.01. The maximum absolute atomic E-state index is 12.3. The summed E-state index contributed by atoms with van der Waals surface area (Å²) in [6.07, 6.45) is 0. The molecule has 0 amide bonds. The Kier molecular flexibility index (Phi) is 4.70. The number of nitrogens with one attached hydrogen (secondary N) is 1. The van der Waals surface area contributed by atoms with Crippen molar-refractivity contribution in [2.45, 2.75) is 26.8 Å². The first kappa shape index (κ1) is 13.7. The molecule has 0 fully saturated rings. The molecule has 94 valence electrons. The predicted molar refractivity (Wildman–Crippen MR) is 69.7 cm³/mol. The van der Waals surface area contributed by atoms with Crippen LogP contribution in [0.4, 0.5) is 0 Å². The average molecular weight is 235 g/mol. The zero-order valence-electron chi connectivity index (χ0n) is 11.2. The molecule has 1 aromatic carbocycles. The Morgan fingerprint density at radius 1 is 1.35 bits per heavy atom. The predicted octanol–water partition coefficient (Wildman–Crippen LogP) is 2.43. The van der Waals surface area contributed by atoms with E-state index in [0.29, 0.717) is 0 Å². The minimum absolute atomic E-state index is 0.133. The Labute approximate surface area is 103 Å². The number of hydrogen-bond acceptors (Lipinski definition) is 3. The molecular weight excluding hydrogens is 214 g/mol. The van der Waals surface area contributed by atoms with Gasteiger partial charge in [-0.05, 0) is 43.7 Å². The van der Waals surface area contributed by atoms with E-state index in [4.69, 9.17) is 4.74 Å². The van der Waals surface area contributed by atoms with Crippen molar-refractivity contribution < 1.29 is 9.53 Å². The highest BCUT2D eigenvalue weighted by molar-refractivity contribution is 6.00. The van der Waals surface area contributed by atoms with E-state index in [1.54, 1.807) is 7.11 Å². The molecule has 0 heterocycles. The first-order valence-corrected chi connectivity index (χ1v) is 5.87. The molecule has 1 unspecified atom stereocenters. The fraction of sp³-hybridized carbons (Fsp3) is 0.500. The molecule has 0 aliphatic carbocycles. The lowest BCUT2D eigenvalue weighted by Crippen LogP contribution is -2.38. The van der Waals surface area contributed by atoms with Gasteiger partial charge in [-0.25, -0.2) is 0 Å². The van der Waals surface area contributed by atoms with Crippen molar-refractivity contribution in [1.29, 1.82) is 0 Å². The molecule has 1 aromatic rings. The van der Waals surface area contributed by atoms with Crippen LogP contribution in [0.25, 0.3) is 0 Å². The number of benzene rings is 1. The average Bonchev–Trinajstić information content (AvgIpc) is 2.29. The minimum atomic E-state index is -0.136. The fourth-order valence-corrected chi connectivity index (χ4v) is 1.98. The van der Waals surface area contributed by atoms with Gasteiger partial charge in [-0.2, -0.15) is 0 Å². The number of ether oxygens (including phenoxy) is 1. The smallest absolute Gasteiger partial charge is 0.179 e. The van der Waals surface area contributed by atoms with Gasteiger partial charge >= 0.3 is 0 Å². The number of likely N-dealkylation sites (N-methyl/N-ethyl adjacent to an activating group) is 1. The van der Waals surface area contributed by atoms with Crippen LogP contribution in [0, 0.1) is 12.8 Å². The van der Waals surface area contributed by atoms with Gasteiger partial charge in [0.05, 0.1) is 13.2 Å². The van der Waals surface area contributed by atoms with E-state index in [0.717, 1.165) is 16.9 Å². The lowest BCUT2D eigenvalue weighted by atomic mass is 9.94. The third kappa shape index (κ3) is 3.07. The highest BCUT2D eigenvalue weighted by Crippen LogP contribution is 2.20. The van der Waals surface area contributed by atoms with E-state index < -0.39 is 0 Å². The van der Waals surface area contributed by atoms with Gasteiger partial charge in [0, 0.05) is 5.56 Å². The van der Waals surface area contributed by atoms with Gasteiger partial charge in [-0.1, -0.05) is 13.8 Å². The second-order valence-electron chi connectivity index (χ2n) is 4.56. The van der Waals surface area contributed by atoms with E-state index in [9.17, 15) is 4.79 Å². The number of ketones is 1. The van der Waals surface area contributed by atoms with Crippen LogP contribution in [0.2, 0.25) is 0 Å². The molecule has 17 heavy (non-hydrogen) atoms. The third-order valence-corrected chi connectivity index (χ3v) is 2.94. The SMILES string of the molecule is CNC(C(=O)c1ccc(OC)c(C)c1)C(C)C. The number of Topliss-reactive ketones (excluding diaryl/α,β-unsaturated/α-hetero) is 1. The van der Waals surface area contributed by atoms with Crippen LogP contribution in [0.15, 0.2) is 18.2 Å². The minimum Gasteiger partial charge on any atom is -0.496 e. The summed E-state index contributed by atoms with van der Waals surface area (Å²) in [6.45, 7) is 6.02. The summed E-state index contributed by atoms with van der Waals surface area (Å²) in [6, 6.07) is 5.41. The van der Waals surface area contributed by atoms with Gasteiger partial charge < -0.3 is 10.1 Å². The Bertz CT molecular complexity index is 399. The first-order valence-electron chi connectivity index (χ1n) is 5.87. The fourth-order valence-electron chi connectivity index (χ4n) is 1.98. The van der Waals surface area contributed by atoms with Crippen molar-refractivity contribution in [3.05, 3.63) is 29.3 Å². The molecule has 0 saturated heterocycles. The van der Waals surface area contributed by atoms with Gasteiger partial charge in [0.15, 0.2) is 5.78 Å². The van der Waals surface area contributed by atoms with Crippen molar-refractivity contribution >= 4 is 5.78 Å². The van der Waals surface area contributed by atoms with Crippen LogP contribution in [0.1, 0.15) is 29.8 Å². The summed E-state index contributed by atoms with van der Waals surface area (Å²) >= 11 is 0. The van der Waals surface area contributed by atoms with E-state index in [-0.39, 0.29) is 17.7 Å². The topological polar surface area (TPSA) is 38.3 Å². The Hall–Kier alpha value is -1.35. The highest BCUT2D eigenvalue weighted by Gasteiger charge is 2.21. The van der Waals surface area contributed by atoms with E-state index in [2.05, 4.69) is 5.32 Å². The molecule has 3 heteroatoms. The maximum Gasteiger partial charge on any atom is 0.179 e. The van der Waals surface area contributed by atoms with Crippen LogP contribution >= 0.6 is 0 Å². The molecule has 0 aliphatic rings. The lowest BCUT2D eigenvalue weighted by Gasteiger charge is -2.19.